The van der Waals surface area contributed by atoms with E-state index in [0.29, 0.717) is 23.8 Å². The van der Waals surface area contributed by atoms with E-state index in [1.807, 2.05) is 0 Å². The maximum absolute atomic E-state index is 10.7. The van der Waals surface area contributed by atoms with Crippen LogP contribution >= 0.6 is 0 Å². The zero-order chi connectivity index (χ0) is 14.4. The monoisotopic (exact) mass is 267 g/mol. The Morgan fingerprint density at radius 1 is 1.37 bits per heavy atom. The van der Waals surface area contributed by atoms with Crippen molar-refractivity contribution in [3.8, 4) is 5.75 Å². The van der Waals surface area contributed by atoms with Crippen molar-refractivity contribution in [1.82, 2.24) is 0 Å². The number of nitro benzene ring substituents is 1. The molecule has 106 valence electrons. The standard InChI is InChI=1S/C14H21NO4/c1-4-11(5-2)9-19-14-7-6-12(15(17)18)8-13(14)10(3)16/h6-8,10-11,16H,4-5,9H2,1-3H3. The lowest BCUT2D eigenvalue weighted by Gasteiger charge is -2.17. The Balaban J connectivity index is 2.91. The molecular formula is C14H21NO4. The summed E-state index contributed by atoms with van der Waals surface area (Å²) in [5, 5.41) is 20.4. The van der Waals surface area contributed by atoms with Crippen LogP contribution in [0.3, 0.4) is 0 Å². The molecule has 1 atom stereocenters. The quantitative estimate of drug-likeness (QED) is 0.606. The lowest BCUT2D eigenvalue weighted by atomic mass is 10.0. The van der Waals surface area contributed by atoms with Crippen molar-refractivity contribution >= 4 is 5.69 Å². The summed E-state index contributed by atoms with van der Waals surface area (Å²) in [6, 6.07) is 4.32. The van der Waals surface area contributed by atoms with Crippen LogP contribution in [0.4, 0.5) is 5.69 Å². The zero-order valence-electron chi connectivity index (χ0n) is 11.6. The van der Waals surface area contributed by atoms with Gasteiger partial charge in [0.15, 0.2) is 0 Å². The van der Waals surface area contributed by atoms with Crippen molar-refractivity contribution < 1.29 is 14.8 Å². The fraction of sp³-hybridized carbons (Fsp3) is 0.571. The van der Waals surface area contributed by atoms with E-state index in [0.717, 1.165) is 12.8 Å². The van der Waals surface area contributed by atoms with Gasteiger partial charge in [-0.1, -0.05) is 26.7 Å². The molecule has 1 aromatic rings. The minimum atomic E-state index is -0.795. The molecule has 0 heterocycles. The van der Waals surface area contributed by atoms with Gasteiger partial charge in [-0.15, -0.1) is 0 Å². The molecule has 5 nitrogen and oxygen atoms in total. The summed E-state index contributed by atoms with van der Waals surface area (Å²) in [6.07, 6.45) is 1.25. The van der Waals surface area contributed by atoms with Gasteiger partial charge in [0.2, 0.25) is 0 Å². The van der Waals surface area contributed by atoms with E-state index in [2.05, 4.69) is 13.8 Å². The largest absolute Gasteiger partial charge is 0.493 e. The van der Waals surface area contributed by atoms with Crippen LogP contribution in [0.5, 0.6) is 5.75 Å². The van der Waals surface area contributed by atoms with Crippen molar-refractivity contribution in [2.75, 3.05) is 6.61 Å². The highest BCUT2D eigenvalue weighted by molar-refractivity contribution is 5.44. The van der Waals surface area contributed by atoms with Gasteiger partial charge < -0.3 is 9.84 Å². The van der Waals surface area contributed by atoms with Gasteiger partial charge in [0, 0.05) is 17.7 Å². The molecule has 0 spiro atoms. The van der Waals surface area contributed by atoms with Crippen molar-refractivity contribution in [3.05, 3.63) is 33.9 Å². The lowest BCUT2D eigenvalue weighted by Crippen LogP contribution is -2.11. The average molecular weight is 267 g/mol. The number of benzene rings is 1. The van der Waals surface area contributed by atoms with Crippen LogP contribution in [0.1, 0.15) is 45.3 Å². The SMILES string of the molecule is CCC(CC)COc1ccc([N+](=O)[O-])cc1C(C)O. The lowest BCUT2D eigenvalue weighted by molar-refractivity contribution is -0.385. The number of hydrogen-bond donors (Lipinski definition) is 1. The average Bonchev–Trinajstić information content (AvgIpc) is 2.39. The molecule has 0 amide bonds. The molecule has 1 N–H and O–H groups in total. The van der Waals surface area contributed by atoms with Crippen molar-refractivity contribution in [2.45, 2.75) is 39.7 Å². The van der Waals surface area contributed by atoms with E-state index < -0.39 is 11.0 Å². The Kier molecular flexibility index (Phi) is 5.76. The van der Waals surface area contributed by atoms with Crippen molar-refractivity contribution in [3.63, 3.8) is 0 Å². The fourth-order valence-corrected chi connectivity index (χ4v) is 1.84. The molecule has 0 saturated heterocycles. The topological polar surface area (TPSA) is 72.6 Å². The number of nitro groups is 1. The molecule has 0 aromatic heterocycles. The van der Waals surface area contributed by atoms with Crippen LogP contribution < -0.4 is 4.74 Å². The summed E-state index contributed by atoms with van der Waals surface area (Å²) in [4.78, 5) is 10.3. The molecule has 1 unspecified atom stereocenters. The second kappa shape index (κ2) is 7.09. The van der Waals surface area contributed by atoms with Crippen LogP contribution in [0, 0.1) is 16.0 Å². The van der Waals surface area contributed by atoms with E-state index in [9.17, 15) is 15.2 Å². The molecule has 0 aliphatic carbocycles. The second-order valence-electron chi connectivity index (χ2n) is 4.65. The van der Waals surface area contributed by atoms with E-state index in [1.165, 1.54) is 12.1 Å². The Hall–Kier alpha value is -1.62. The van der Waals surface area contributed by atoms with Crippen LogP contribution in [0.15, 0.2) is 18.2 Å². The molecule has 0 saturated carbocycles. The summed E-state index contributed by atoms with van der Waals surface area (Å²) in [7, 11) is 0. The maximum Gasteiger partial charge on any atom is 0.270 e. The van der Waals surface area contributed by atoms with E-state index in [1.54, 1.807) is 13.0 Å². The number of aliphatic hydroxyl groups is 1. The first-order valence-electron chi connectivity index (χ1n) is 6.58. The smallest absolute Gasteiger partial charge is 0.270 e. The Bertz CT molecular complexity index is 427. The first-order chi connectivity index (χ1) is 8.99. The predicted molar refractivity (Wildman–Crippen MR) is 73.3 cm³/mol. The molecular weight excluding hydrogens is 246 g/mol. The molecule has 0 radical (unpaired) electrons. The highest BCUT2D eigenvalue weighted by Crippen LogP contribution is 2.29. The first kappa shape index (κ1) is 15.4. The highest BCUT2D eigenvalue weighted by atomic mass is 16.6. The van der Waals surface area contributed by atoms with E-state index >= 15 is 0 Å². The van der Waals surface area contributed by atoms with Gasteiger partial charge in [0.25, 0.3) is 5.69 Å². The van der Waals surface area contributed by atoms with Gasteiger partial charge in [-0.2, -0.15) is 0 Å². The van der Waals surface area contributed by atoms with Crippen LogP contribution in [0.2, 0.25) is 0 Å². The van der Waals surface area contributed by atoms with Crippen LogP contribution in [-0.4, -0.2) is 16.6 Å². The summed E-state index contributed by atoms with van der Waals surface area (Å²) in [5.41, 5.74) is 0.422. The number of aliphatic hydroxyl groups excluding tert-OH is 1. The normalized spacial score (nSPS) is 12.5. The zero-order valence-corrected chi connectivity index (χ0v) is 11.6. The number of ether oxygens (including phenoxy) is 1. The minimum absolute atomic E-state index is 0.0363. The Labute approximate surface area is 113 Å². The third-order valence-corrected chi connectivity index (χ3v) is 3.28. The first-order valence-corrected chi connectivity index (χ1v) is 6.58. The molecule has 19 heavy (non-hydrogen) atoms. The van der Waals surface area contributed by atoms with E-state index in [4.69, 9.17) is 4.74 Å². The second-order valence-corrected chi connectivity index (χ2v) is 4.65. The Morgan fingerprint density at radius 3 is 2.47 bits per heavy atom. The Morgan fingerprint density at radius 2 is 2.00 bits per heavy atom. The molecule has 0 aliphatic rings. The molecule has 0 bridgehead atoms. The summed E-state index contributed by atoms with van der Waals surface area (Å²) >= 11 is 0. The third kappa shape index (κ3) is 4.21. The van der Waals surface area contributed by atoms with Gasteiger partial charge in [-0.3, -0.25) is 10.1 Å². The third-order valence-electron chi connectivity index (χ3n) is 3.28. The highest BCUT2D eigenvalue weighted by Gasteiger charge is 2.16. The predicted octanol–water partition coefficient (Wildman–Crippen LogP) is 3.46. The van der Waals surface area contributed by atoms with Gasteiger partial charge in [-0.25, -0.2) is 0 Å². The molecule has 1 aromatic carbocycles. The molecule has 1 rings (SSSR count). The number of non-ortho nitro benzene ring substituents is 1. The summed E-state index contributed by atoms with van der Waals surface area (Å²) in [6.45, 7) is 6.33. The van der Waals surface area contributed by atoms with Gasteiger partial charge in [0.1, 0.15) is 5.75 Å². The van der Waals surface area contributed by atoms with Crippen molar-refractivity contribution in [2.24, 2.45) is 5.92 Å². The fourth-order valence-electron chi connectivity index (χ4n) is 1.84. The van der Waals surface area contributed by atoms with Crippen LogP contribution in [0.25, 0.3) is 0 Å². The number of hydrogen-bond acceptors (Lipinski definition) is 4. The van der Waals surface area contributed by atoms with Gasteiger partial charge in [0.05, 0.1) is 17.6 Å². The summed E-state index contributed by atoms with van der Waals surface area (Å²) in [5.74, 6) is 0.976. The molecule has 0 fully saturated rings. The van der Waals surface area contributed by atoms with E-state index in [-0.39, 0.29) is 5.69 Å². The molecule has 0 aliphatic heterocycles. The van der Waals surface area contributed by atoms with Gasteiger partial charge in [-0.05, 0) is 18.9 Å². The number of rotatable bonds is 7. The minimum Gasteiger partial charge on any atom is -0.493 e. The summed E-state index contributed by atoms with van der Waals surface area (Å²) < 4.78 is 5.69. The maximum atomic E-state index is 10.7. The number of nitrogens with zero attached hydrogens (tertiary/aromatic N) is 1. The van der Waals surface area contributed by atoms with Gasteiger partial charge >= 0.3 is 0 Å². The van der Waals surface area contributed by atoms with Crippen molar-refractivity contribution in [1.29, 1.82) is 0 Å². The molecule has 5 heteroatoms. The van der Waals surface area contributed by atoms with Crippen LogP contribution in [-0.2, 0) is 0 Å².